The number of hydrogen-bond donors (Lipinski definition) is 5. The summed E-state index contributed by atoms with van der Waals surface area (Å²) in [6.07, 6.45) is 8.38. The van der Waals surface area contributed by atoms with Crippen LogP contribution in [0.25, 0.3) is 0 Å². The molecule has 5 amide bonds. The molecule has 5 atom stereocenters. The minimum absolute atomic E-state index is 0.0719. The topological polar surface area (TPSA) is 284 Å². The van der Waals surface area contributed by atoms with Gasteiger partial charge in [-0.05, 0) is 168 Å². The van der Waals surface area contributed by atoms with Gasteiger partial charge in [0.05, 0.1) is 0 Å². The third kappa shape index (κ3) is 52.7. The Hall–Kier alpha value is -2.17. The molecule has 0 aromatic heterocycles. The summed E-state index contributed by atoms with van der Waals surface area (Å²) in [5.41, 5.74) is 0. The van der Waals surface area contributed by atoms with Crippen LogP contribution in [0.4, 0.5) is 0 Å². The minimum atomic E-state index is -2.55. The summed E-state index contributed by atoms with van der Waals surface area (Å²) in [5, 5.41) is 14.7. The van der Waals surface area contributed by atoms with Gasteiger partial charge in [-0.3, -0.25) is 24.0 Å². The van der Waals surface area contributed by atoms with Gasteiger partial charge >= 0.3 is 44.0 Å². The Morgan fingerprint density at radius 2 is 0.310 bits per heavy atom. The first-order chi connectivity index (χ1) is 47.7. The van der Waals surface area contributed by atoms with Gasteiger partial charge in [0.15, 0.2) is 0 Å². The van der Waals surface area contributed by atoms with Crippen molar-refractivity contribution < 1.29 is 90.4 Å². The largest absolute Gasteiger partial charge is 0.500 e. The smallest absolute Gasteiger partial charge is 0.374 e. The fourth-order valence-electron chi connectivity index (χ4n) is 9.39. The Bertz CT molecular complexity index is 1530. The van der Waals surface area contributed by atoms with Crippen LogP contribution in [-0.2, 0) is 90.4 Å². The highest BCUT2D eigenvalue weighted by Crippen LogP contribution is 2.23. The van der Waals surface area contributed by atoms with E-state index in [0.717, 1.165) is 94.4 Å². The molecule has 100 heavy (non-hydrogen) atoms. The third-order valence-corrected chi connectivity index (χ3v) is 31.3. The maximum Gasteiger partial charge on any atom is 0.500 e. The quantitative estimate of drug-likeness (QED) is 0.0279. The van der Waals surface area contributed by atoms with Crippen molar-refractivity contribution in [1.29, 1.82) is 0 Å². The van der Waals surface area contributed by atoms with Gasteiger partial charge < -0.3 is 93.0 Å². The molecule has 600 valence electrons. The number of carbonyl (C=O) groups is 5. The first-order valence-corrected chi connectivity index (χ1v) is 48.4. The molecule has 25 nitrogen and oxygen atoms in total. The van der Waals surface area contributed by atoms with E-state index in [-0.39, 0.29) is 59.1 Å². The normalized spacial score (nSPS) is 13.2. The maximum absolute atomic E-state index is 11.7. The highest BCUT2D eigenvalue weighted by molar-refractivity contribution is 6.62. The van der Waals surface area contributed by atoms with Crippen LogP contribution in [0.1, 0.15) is 237 Å². The number of hydrogen-bond acceptors (Lipinski definition) is 20. The molecule has 0 fully saturated rings. The van der Waals surface area contributed by atoms with Crippen LogP contribution in [0.15, 0.2) is 0 Å². The molecule has 0 aliphatic heterocycles. The van der Waals surface area contributed by atoms with Crippen molar-refractivity contribution in [3.8, 4) is 0 Å². The number of rotatable bonds is 60. The molecule has 30 heteroatoms. The molecule has 0 rings (SSSR count). The van der Waals surface area contributed by atoms with Crippen molar-refractivity contribution in [2.75, 3.05) is 132 Å². The van der Waals surface area contributed by atoms with E-state index in [1.54, 1.807) is 0 Å². The molecule has 0 aliphatic rings. The monoisotopic (exact) mass is 1530 g/mol. The second kappa shape index (κ2) is 69.9. The SMILES string of the molecule is CCO[Si](CCCNC(=O)C(C)CC)(OCC)OCC.CCO[Si](CCCNC(=O)C(C)CC)(OCC)OCC.CCO[Si](CCCNC(=O)C(C)CC)(OCC)OCC.CCO[Si](CCCNC(=O)C(C)CC)(OCC)OCC.CCO[Si](CCCNC(=O)C(C)CC)(OCC)OCC. The summed E-state index contributed by atoms with van der Waals surface area (Å²) in [6.45, 7) is 61.1. The van der Waals surface area contributed by atoms with Gasteiger partial charge in [-0.15, -0.1) is 0 Å². The predicted molar refractivity (Wildman–Crippen MR) is 413 cm³/mol. The first kappa shape index (κ1) is 106. The lowest BCUT2D eigenvalue weighted by molar-refractivity contribution is -0.125. The minimum Gasteiger partial charge on any atom is -0.374 e. The Morgan fingerprint density at radius 3 is 0.390 bits per heavy atom. The van der Waals surface area contributed by atoms with Crippen molar-refractivity contribution in [2.24, 2.45) is 29.6 Å². The molecule has 0 bridgehead atoms. The zero-order valence-corrected chi connectivity index (χ0v) is 73.3. The van der Waals surface area contributed by atoms with E-state index >= 15 is 0 Å². The summed E-state index contributed by atoms with van der Waals surface area (Å²) < 4.78 is 86.5. The standard InChI is InChI=1S/5C14H31NO4Si/c5*1-6-13(5)14(16)15-11-10-12-20(17-7-2,18-8-3)19-9-4/h5*13H,6-12H2,1-5H3,(H,15,16). The van der Waals surface area contributed by atoms with Crippen LogP contribution in [0, 0.1) is 29.6 Å². The average Bonchev–Trinajstić information content (AvgIpc) is 0.908. The van der Waals surface area contributed by atoms with Crippen molar-refractivity contribution >= 4 is 73.6 Å². The van der Waals surface area contributed by atoms with Gasteiger partial charge in [0.2, 0.25) is 29.5 Å². The van der Waals surface area contributed by atoms with Crippen LogP contribution in [0.2, 0.25) is 30.2 Å². The predicted octanol–water partition coefficient (Wildman–Crippen LogP) is 12.9. The summed E-state index contributed by atoms with van der Waals surface area (Å²) in [6, 6.07) is 3.70. The third-order valence-electron chi connectivity index (χ3n) is 15.6. The molecular weight excluding hydrogens is 1370 g/mol. The lowest BCUT2D eigenvalue weighted by Crippen LogP contribution is -2.46. The van der Waals surface area contributed by atoms with Crippen molar-refractivity contribution in [2.45, 2.75) is 268 Å². The van der Waals surface area contributed by atoms with Crippen LogP contribution in [-0.4, -0.2) is 205 Å². The number of nitrogens with one attached hydrogen (secondary N) is 5. The molecule has 0 spiro atoms. The van der Waals surface area contributed by atoms with E-state index in [9.17, 15) is 24.0 Å². The summed E-state index contributed by atoms with van der Waals surface area (Å²) in [4.78, 5) is 58.4. The maximum atomic E-state index is 11.7. The Balaban J connectivity index is -0.000000376. The van der Waals surface area contributed by atoms with E-state index in [2.05, 4.69) is 26.6 Å². The van der Waals surface area contributed by atoms with Crippen LogP contribution in [0.3, 0.4) is 0 Å². The van der Waals surface area contributed by atoms with E-state index in [4.69, 9.17) is 66.4 Å². The molecule has 0 radical (unpaired) electrons. The number of carbonyl (C=O) groups excluding carboxylic acids is 5. The van der Waals surface area contributed by atoms with Crippen LogP contribution >= 0.6 is 0 Å². The van der Waals surface area contributed by atoms with Gasteiger partial charge in [0, 0.05) is 192 Å². The average molecular weight is 1530 g/mol. The Kier molecular flexibility index (Phi) is 74.4. The highest BCUT2D eigenvalue weighted by atomic mass is 28.4. The van der Waals surface area contributed by atoms with Crippen LogP contribution < -0.4 is 26.6 Å². The molecule has 0 aromatic carbocycles. The molecule has 5 N–H and O–H groups in total. The summed E-state index contributed by atoms with van der Waals surface area (Å²) >= 11 is 0. The molecule has 0 aliphatic carbocycles. The van der Waals surface area contributed by atoms with Gasteiger partial charge in [0.25, 0.3) is 0 Å². The lowest BCUT2D eigenvalue weighted by atomic mass is 10.1. The molecule has 0 saturated heterocycles. The molecular formula is C70H155N5O20Si5. The van der Waals surface area contributed by atoms with E-state index in [0.29, 0.717) is 132 Å². The van der Waals surface area contributed by atoms with Crippen LogP contribution in [0.5, 0.6) is 0 Å². The van der Waals surface area contributed by atoms with Crippen molar-refractivity contribution in [3.05, 3.63) is 0 Å². The molecule has 0 saturated carbocycles. The molecule has 0 heterocycles. The summed E-state index contributed by atoms with van der Waals surface area (Å²) in [5.74, 6) is 0.934. The van der Waals surface area contributed by atoms with Gasteiger partial charge in [-0.2, -0.15) is 0 Å². The van der Waals surface area contributed by atoms with Gasteiger partial charge in [0.1, 0.15) is 0 Å². The second-order valence-electron chi connectivity index (χ2n) is 23.4. The van der Waals surface area contributed by atoms with Gasteiger partial charge in [-0.25, -0.2) is 0 Å². The lowest BCUT2D eigenvalue weighted by Gasteiger charge is -2.28. The molecule has 5 unspecified atom stereocenters. The van der Waals surface area contributed by atoms with E-state index < -0.39 is 44.0 Å². The van der Waals surface area contributed by atoms with E-state index in [1.165, 1.54) is 0 Å². The zero-order chi connectivity index (χ0) is 77.2. The first-order valence-electron chi connectivity index (χ1n) is 38.7. The van der Waals surface area contributed by atoms with Gasteiger partial charge in [-0.1, -0.05) is 69.2 Å². The molecule has 0 aromatic rings. The Labute approximate surface area is 616 Å². The highest BCUT2D eigenvalue weighted by Gasteiger charge is 2.43. The second-order valence-corrected chi connectivity index (χ2v) is 37.1. The van der Waals surface area contributed by atoms with Crippen molar-refractivity contribution in [1.82, 2.24) is 26.6 Å². The Morgan fingerprint density at radius 1 is 0.210 bits per heavy atom. The fraction of sp³-hybridized carbons (Fsp3) is 0.929. The fourth-order valence-corrected chi connectivity index (χ4v) is 22.4. The number of amides is 5. The van der Waals surface area contributed by atoms with E-state index in [1.807, 2.05) is 173 Å². The van der Waals surface area contributed by atoms with Crippen molar-refractivity contribution in [3.63, 3.8) is 0 Å². The summed E-state index contributed by atoms with van der Waals surface area (Å²) in [7, 11) is -12.8. The zero-order valence-electron chi connectivity index (χ0n) is 68.3.